The van der Waals surface area contributed by atoms with Gasteiger partial charge in [0.15, 0.2) is 11.5 Å². The van der Waals surface area contributed by atoms with Crippen molar-refractivity contribution in [3.05, 3.63) is 33.4 Å². The van der Waals surface area contributed by atoms with Gasteiger partial charge in [-0.25, -0.2) is 0 Å². The summed E-state index contributed by atoms with van der Waals surface area (Å²) in [6.45, 7) is 0. The fraction of sp³-hybridized carbons (Fsp3) is 0.421. The smallest absolute Gasteiger partial charge is 0.254 e. The van der Waals surface area contributed by atoms with Crippen LogP contribution in [0.5, 0.6) is 11.5 Å². The molecule has 2 saturated carbocycles. The van der Waals surface area contributed by atoms with Gasteiger partial charge in [0, 0.05) is 0 Å². The van der Waals surface area contributed by atoms with E-state index < -0.39 is 0 Å². The summed E-state index contributed by atoms with van der Waals surface area (Å²) in [5, 5.41) is 15.2. The molecule has 0 spiro atoms. The summed E-state index contributed by atoms with van der Waals surface area (Å²) >= 11 is 2.00. The van der Waals surface area contributed by atoms with Gasteiger partial charge in [0.05, 0.1) is 28.7 Å². The molecule has 1 aliphatic heterocycles. The quantitative estimate of drug-likeness (QED) is 0.323. The van der Waals surface area contributed by atoms with Gasteiger partial charge in [-0.15, -0.1) is 0 Å². The van der Waals surface area contributed by atoms with E-state index in [9.17, 15) is 14.7 Å². The van der Waals surface area contributed by atoms with Crippen LogP contribution in [0.3, 0.4) is 0 Å². The molecule has 2 amide bonds. The van der Waals surface area contributed by atoms with Crippen molar-refractivity contribution in [2.75, 3.05) is 7.11 Å². The Morgan fingerprint density at radius 3 is 2.38 bits per heavy atom. The normalized spacial score (nSPS) is 36.6. The third kappa shape index (κ3) is 2.12. The maximum Gasteiger partial charge on any atom is 0.254 e. The highest BCUT2D eigenvalue weighted by Crippen LogP contribution is 2.65. The first-order chi connectivity index (χ1) is 12.5. The van der Waals surface area contributed by atoms with E-state index in [4.69, 9.17) is 4.74 Å². The van der Waals surface area contributed by atoms with E-state index in [0.29, 0.717) is 26.7 Å². The molecular weight excluding hydrogens is 447 g/mol. The molecule has 5 aliphatic rings. The van der Waals surface area contributed by atoms with Gasteiger partial charge in [0.1, 0.15) is 0 Å². The van der Waals surface area contributed by atoms with Crippen molar-refractivity contribution >= 4 is 40.6 Å². The second kappa shape index (κ2) is 5.55. The lowest BCUT2D eigenvalue weighted by atomic mass is 9.63. The minimum atomic E-state index is -0.243. The van der Waals surface area contributed by atoms with Gasteiger partial charge >= 0.3 is 0 Å². The van der Waals surface area contributed by atoms with Crippen LogP contribution >= 0.6 is 22.6 Å². The minimum absolute atomic E-state index is 0.0615. The molecule has 1 aromatic carbocycles. The molecule has 6 rings (SSSR count). The Labute approximate surface area is 164 Å². The number of halogens is 1. The first-order valence-corrected chi connectivity index (χ1v) is 9.75. The van der Waals surface area contributed by atoms with E-state index in [-0.39, 0.29) is 41.2 Å². The van der Waals surface area contributed by atoms with Crippen molar-refractivity contribution in [3.8, 4) is 11.5 Å². The molecule has 3 fully saturated rings. The molecule has 0 unspecified atom stereocenters. The molecule has 1 heterocycles. The summed E-state index contributed by atoms with van der Waals surface area (Å²) in [5.41, 5.74) is 0.656. The van der Waals surface area contributed by atoms with Gasteiger partial charge in [-0.05, 0) is 70.4 Å². The van der Waals surface area contributed by atoms with Crippen molar-refractivity contribution in [1.82, 2.24) is 5.01 Å². The number of imide groups is 1. The fourth-order valence-corrected chi connectivity index (χ4v) is 5.63. The lowest BCUT2D eigenvalue weighted by molar-refractivity contribution is -0.140. The molecule has 0 radical (unpaired) electrons. The van der Waals surface area contributed by atoms with E-state index in [1.54, 1.807) is 12.1 Å². The van der Waals surface area contributed by atoms with Crippen molar-refractivity contribution < 1.29 is 19.4 Å². The molecule has 7 heteroatoms. The number of phenolic OH excluding ortho intramolecular Hbond substituents is 1. The number of hydrogen-bond acceptors (Lipinski definition) is 5. The Kier molecular flexibility index (Phi) is 3.47. The number of nitrogens with zero attached hydrogens (tertiary/aromatic N) is 2. The number of ether oxygens (including phenoxy) is 1. The monoisotopic (exact) mass is 464 g/mol. The minimum Gasteiger partial charge on any atom is -0.504 e. The number of carbonyl (C=O) groups excluding carboxylic acids is 2. The largest absolute Gasteiger partial charge is 0.504 e. The standard InChI is InChI=1S/C19H17IN2O4/c1-26-14-5-8(4-13(20)17(14)23)7-21-22-18(24)15-9-2-3-10(12-6-11(9)12)16(15)19(22)25/h2-5,7,9-12,15-16,23H,6H2,1H3/t9-,10-,11-,12-,15+,16+/m0/s1. The highest BCUT2D eigenvalue weighted by Gasteiger charge is 2.67. The fourth-order valence-electron chi connectivity index (χ4n) is 5.00. The zero-order valence-corrected chi connectivity index (χ0v) is 16.2. The van der Waals surface area contributed by atoms with Crippen LogP contribution in [0.1, 0.15) is 12.0 Å². The molecule has 1 aromatic rings. The third-order valence-electron chi connectivity index (χ3n) is 6.23. The number of carbonyl (C=O) groups is 2. The topological polar surface area (TPSA) is 79.2 Å². The Morgan fingerprint density at radius 1 is 1.19 bits per heavy atom. The average Bonchev–Trinajstić information content (AvgIpc) is 3.41. The molecular formula is C19H17IN2O4. The predicted molar refractivity (Wildman–Crippen MR) is 102 cm³/mol. The molecule has 4 aliphatic carbocycles. The van der Waals surface area contributed by atoms with Crippen LogP contribution in [-0.2, 0) is 9.59 Å². The van der Waals surface area contributed by atoms with Gasteiger partial charge in [0.2, 0.25) is 0 Å². The number of allylic oxidation sites excluding steroid dienone is 2. The third-order valence-corrected chi connectivity index (χ3v) is 7.05. The van der Waals surface area contributed by atoms with Gasteiger partial charge in [-0.2, -0.15) is 10.1 Å². The number of aromatic hydroxyl groups is 1. The van der Waals surface area contributed by atoms with E-state index in [1.807, 2.05) is 22.6 Å². The summed E-state index contributed by atoms with van der Waals surface area (Å²) in [5.74, 6) is 1.09. The van der Waals surface area contributed by atoms with Gasteiger partial charge < -0.3 is 9.84 Å². The van der Waals surface area contributed by atoms with Gasteiger partial charge in [0.25, 0.3) is 11.8 Å². The second-order valence-electron chi connectivity index (χ2n) is 7.44. The number of rotatable bonds is 3. The van der Waals surface area contributed by atoms with E-state index in [0.717, 1.165) is 11.4 Å². The lowest BCUT2D eigenvalue weighted by Crippen LogP contribution is -2.40. The molecule has 2 bridgehead atoms. The summed E-state index contributed by atoms with van der Waals surface area (Å²) in [7, 11) is 1.47. The number of methoxy groups -OCH3 is 1. The molecule has 26 heavy (non-hydrogen) atoms. The molecule has 0 aromatic heterocycles. The number of benzene rings is 1. The predicted octanol–water partition coefficient (Wildman–Crippen LogP) is 2.39. The molecule has 6 atom stereocenters. The van der Waals surface area contributed by atoms with Crippen LogP contribution < -0.4 is 4.74 Å². The van der Waals surface area contributed by atoms with Crippen LogP contribution in [0, 0.1) is 39.1 Å². The van der Waals surface area contributed by atoms with E-state index in [1.165, 1.54) is 13.3 Å². The summed E-state index contributed by atoms with van der Waals surface area (Å²) < 4.78 is 5.75. The van der Waals surface area contributed by atoms with Crippen LogP contribution in [0.15, 0.2) is 29.4 Å². The Balaban J connectivity index is 1.44. The molecule has 1 N–H and O–H groups in total. The maximum absolute atomic E-state index is 12.9. The van der Waals surface area contributed by atoms with Crippen LogP contribution in [0.2, 0.25) is 0 Å². The first kappa shape index (κ1) is 16.3. The van der Waals surface area contributed by atoms with Crippen molar-refractivity contribution in [3.63, 3.8) is 0 Å². The number of phenols is 1. The highest BCUT2D eigenvalue weighted by molar-refractivity contribution is 14.1. The summed E-state index contributed by atoms with van der Waals surface area (Å²) in [6, 6.07) is 3.35. The molecule has 1 saturated heterocycles. The highest BCUT2D eigenvalue weighted by atomic mass is 127. The first-order valence-electron chi connectivity index (χ1n) is 8.68. The Hall–Kier alpha value is -1.90. The van der Waals surface area contributed by atoms with Gasteiger partial charge in [-0.3, -0.25) is 9.59 Å². The van der Waals surface area contributed by atoms with Crippen LogP contribution in [-0.4, -0.2) is 35.3 Å². The number of amides is 2. The maximum atomic E-state index is 12.9. The van der Waals surface area contributed by atoms with E-state index >= 15 is 0 Å². The van der Waals surface area contributed by atoms with Gasteiger partial charge in [-0.1, -0.05) is 12.2 Å². The zero-order valence-electron chi connectivity index (χ0n) is 14.0. The SMILES string of the molecule is COc1cc(C=NN2C(=O)[C@@H]3[C@H]4C=C[C@@H]([C@@H]5C[C@@H]45)[C@H]3C2=O)cc(I)c1O. The second-order valence-corrected chi connectivity index (χ2v) is 8.60. The number of hydrogen-bond donors (Lipinski definition) is 1. The van der Waals surface area contributed by atoms with E-state index in [2.05, 4.69) is 17.3 Å². The molecule has 134 valence electrons. The van der Waals surface area contributed by atoms with Crippen LogP contribution in [0.25, 0.3) is 0 Å². The van der Waals surface area contributed by atoms with Crippen molar-refractivity contribution in [2.24, 2.45) is 40.6 Å². The Bertz CT molecular complexity index is 860. The lowest BCUT2D eigenvalue weighted by Gasteiger charge is -2.37. The Morgan fingerprint density at radius 2 is 1.81 bits per heavy atom. The van der Waals surface area contributed by atoms with Crippen molar-refractivity contribution in [1.29, 1.82) is 0 Å². The van der Waals surface area contributed by atoms with Crippen molar-refractivity contribution in [2.45, 2.75) is 6.42 Å². The number of hydrazone groups is 1. The average molecular weight is 464 g/mol. The summed E-state index contributed by atoms with van der Waals surface area (Å²) in [4.78, 5) is 25.7. The summed E-state index contributed by atoms with van der Waals surface area (Å²) in [6.07, 6.45) is 6.91. The zero-order chi connectivity index (χ0) is 18.2. The van der Waals surface area contributed by atoms with Crippen LogP contribution in [0.4, 0.5) is 0 Å². The molecule has 6 nitrogen and oxygen atoms in total.